The Balaban J connectivity index is 3.32. The largest absolute Gasteiger partial charge is 0.493 e. The summed E-state index contributed by atoms with van der Waals surface area (Å²) < 4.78 is 38.1. The van der Waals surface area contributed by atoms with E-state index in [1.54, 1.807) is 13.8 Å². The molecule has 1 atom stereocenters. The van der Waals surface area contributed by atoms with Crippen LogP contribution in [0.25, 0.3) is 0 Å². The molecule has 0 aliphatic heterocycles. The number of benzene rings is 1. The minimum absolute atomic E-state index is 0.0216. The zero-order valence-corrected chi connectivity index (χ0v) is 14.8. The highest BCUT2D eigenvalue weighted by atomic mass is 79.9. The van der Waals surface area contributed by atoms with Crippen LogP contribution in [0.3, 0.4) is 0 Å². The molecule has 1 unspecified atom stereocenters. The molecule has 0 bridgehead atoms. The van der Waals surface area contributed by atoms with Gasteiger partial charge in [-0.25, -0.2) is 13.1 Å². The minimum Gasteiger partial charge on any atom is -0.493 e. The number of ether oxygens (including phenoxy) is 2. The smallest absolute Gasteiger partial charge is 0.242 e. The summed E-state index contributed by atoms with van der Waals surface area (Å²) in [5, 5.41) is 9.36. The Bertz CT molecular complexity index is 599. The van der Waals surface area contributed by atoms with Crippen LogP contribution in [0.5, 0.6) is 11.5 Å². The normalized spacial score (nSPS) is 14.6. The molecule has 0 saturated heterocycles. The maximum atomic E-state index is 12.5. The Morgan fingerprint density at radius 1 is 1.29 bits per heavy atom. The van der Waals surface area contributed by atoms with Crippen LogP contribution in [-0.4, -0.2) is 39.9 Å². The predicted octanol–water partition coefficient (Wildman–Crippen LogP) is 1.91. The van der Waals surface area contributed by atoms with Crippen LogP contribution in [0.1, 0.15) is 20.3 Å². The monoisotopic (exact) mass is 381 g/mol. The van der Waals surface area contributed by atoms with Gasteiger partial charge in [-0.1, -0.05) is 6.92 Å². The number of aliphatic hydroxyl groups is 1. The van der Waals surface area contributed by atoms with E-state index in [0.29, 0.717) is 22.4 Å². The van der Waals surface area contributed by atoms with E-state index in [2.05, 4.69) is 20.7 Å². The van der Waals surface area contributed by atoms with Gasteiger partial charge in [-0.3, -0.25) is 0 Å². The first kappa shape index (κ1) is 18.2. The fraction of sp³-hybridized carbons (Fsp3) is 0.538. The van der Waals surface area contributed by atoms with Crippen molar-refractivity contribution >= 4 is 26.0 Å². The Kier molecular flexibility index (Phi) is 6.03. The van der Waals surface area contributed by atoms with Gasteiger partial charge >= 0.3 is 0 Å². The van der Waals surface area contributed by atoms with E-state index >= 15 is 0 Å². The summed E-state index contributed by atoms with van der Waals surface area (Å²) in [6, 6.07) is 2.90. The maximum Gasteiger partial charge on any atom is 0.242 e. The van der Waals surface area contributed by atoms with Crippen molar-refractivity contribution in [3.05, 3.63) is 16.6 Å². The molecule has 0 saturated carbocycles. The van der Waals surface area contributed by atoms with Gasteiger partial charge in [0, 0.05) is 10.5 Å². The third-order valence-electron chi connectivity index (χ3n) is 3.24. The third-order valence-corrected chi connectivity index (χ3v) is 5.83. The molecule has 0 aromatic heterocycles. The number of nitrogens with one attached hydrogen (secondary N) is 1. The molecule has 1 aromatic carbocycles. The summed E-state index contributed by atoms with van der Waals surface area (Å²) in [4.78, 5) is 0.0216. The molecule has 1 aromatic rings. The molecule has 1 rings (SSSR count). The summed E-state index contributed by atoms with van der Waals surface area (Å²) in [7, 11) is -0.924. The number of aliphatic hydroxyl groups excluding tert-OH is 1. The number of hydrogen-bond acceptors (Lipinski definition) is 5. The molecule has 0 fully saturated rings. The zero-order chi connectivity index (χ0) is 16.3. The van der Waals surface area contributed by atoms with Gasteiger partial charge in [0.15, 0.2) is 11.5 Å². The number of rotatable bonds is 7. The SMILES string of the molecule is CCC(C)(CO)NS(=O)(=O)c1cc(OC)c(OC)cc1Br. The number of halogens is 1. The first-order chi connectivity index (χ1) is 9.72. The second-order valence-corrected chi connectivity index (χ2v) is 7.32. The molecule has 8 heteroatoms. The van der Waals surface area contributed by atoms with Crippen LogP contribution in [0.15, 0.2) is 21.5 Å². The lowest BCUT2D eigenvalue weighted by Crippen LogP contribution is -2.48. The summed E-state index contributed by atoms with van der Waals surface area (Å²) >= 11 is 3.22. The average Bonchev–Trinajstić information content (AvgIpc) is 2.45. The molecular formula is C13H20BrNO5S. The minimum atomic E-state index is -3.82. The van der Waals surface area contributed by atoms with Gasteiger partial charge in [-0.2, -0.15) is 0 Å². The molecule has 0 heterocycles. The zero-order valence-electron chi connectivity index (χ0n) is 12.4. The van der Waals surface area contributed by atoms with Crippen LogP contribution in [0, 0.1) is 0 Å². The van der Waals surface area contributed by atoms with Gasteiger partial charge in [0.2, 0.25) is 10.0 Å². The van der Waals surface area contributed by atoms with E-state index in [0.717, 1.165) is 0 Å². The molecular weight excluding hydrogens is 362 g/mol. The van der Waals surface area contributed by atoms with Crippen molar-refractivity contribution in [3.8, 4) is 11.5 Å². The molecule has 0 amide bonds. The molecule has 0 aliphatic carbocycles. The molecule has 0 spiro atoms. The molecule has 6 nitrogen and oxygen atoms in total. The summed E-state index contributed by atoms with van der Waals surface area (Å²) in [5.74, 6) is 0.729. The van der Waals surface area contributed by atoms with Gasteiger partial charge in [-0.05, 0) is 35.3 Å². The van der Waals surface area contributed by atoms with Gasteiger partial charge in [0.1, 0.15) is 4.90 Å². The standard InChI is InChI=1S/C13H20BrNO5S/c1-5-13(2,8-16)15-21(17,18)12-7-11(20-4)10(19-3)6-9(12)14/h6-7,15-16H,5,8H2,1-4H3. The van der Waals surface area contributed by atoms with Crippen LogP contribution >= 0.6 is 15.9 Å². The second kappa shape index (κ2) is 6.95. The number of sulfonamides is 1. The highest BCUT2D eigenvalue weighted by Crippen LogP contribution is 2.35. The lowest BCUT2D eigenvalue weighted by Gasteiger charge is -2.27. The molecule has 0 radical (unpaired) electrons. The molecule has 21 heavy (non-hydrogen) atoms. The van der Waals surface area contributed by atoms with Crippen molar-refractivity contribution in [1.82, 2.24) is 4.72 Å². The summed E-state index contributed by atoms with van der Waals surface area (Å²) in [5.41, 5.74) is -0.925. The van der Waals surface area contributed by atoms with Crippen molar-refractivity contribution < 1.29 is 23.0 Å². The Hall–Kier alpha value is -0.830. The maximum absolute atomic E-state index is 12.5. The van der Waals surface area contributed by atoms with Crippen molar-refractivity contribution in [2.24, 2.45) is 0 Å². The highest BCUT2D eigenvalue weighted by Gasteiger charge is 2.30. The van der Waals surface area contributed by atoms with Crippen LogP contribution in [0.2, 0.25) is 0 Å². The fourth-order valence-electron chi connectivity index (χ4n) is 1.64. The van der Waals surface area contributed by atoms with Crippen molar-refractivity contribution in [3.63, 3.8) is 0 Å². The van der Waals surface area contributed by atoms with Gasteiger partial charge < -0.3 is 14.6 Å². The lowest BCUT2D eigenvalue weighted by atomic mass is 10.0. The predicted molar refractivity (Wildman–Crippen MR) is 83.3 cm³/mol. The van der Waals surface area contributed by atoms with Gasteiger partial charge in [0.05, 0.1) is 26.4 Å². The third kappa shape index (κ3) is 4.09. The Morgan fingerprint density at radius 3 is 2.24 bits per heavy atom. The van der Waals surface area contributed by atoms with E-state index in [1.165, 1.54) is 26.4 Å². The molecule has 2 N–H and O–H groups in total. The van der Waals surface area contributed by atoms with Crippen LogP contribution in [0.4, 0.5) is 0 Å². The molecule has 0 aliphatic rings. The summed E-state index contributed by atoms with van der Waals surface area (Å²) in [6.07, 6.45) is 0.452. The van der Waals surface area contributed by atoms with E-state index < -0.39 is 15.6 Å². The Morgan fingerprint density at radius 2 is 1.81 bits per heavy atom. The molecule has 120 valence electrons. The van der Waals surface area contributed by atoms with E-state index in [4.69, 9.17) is 9.47 Å². The first-order valence-electron chi connectivity index (χ1n) is 6.29. The quantitative estimate of drug-likeness (QED) is 0.753. The van der Waals surface area contributed by atoms with Crippen LogP contribution in [-0.2, 0) is 10.0 Å². The number of methoxy groups -OCH3 is 2. The first-order valence-corrected chi connectivity index (χ1v) is 8.57. The van der Waals surface area contributed by atoms with E-state index in [-0.39, 0.29) is 11.5 Å². The number of hydrogen-bond donors (Lipinski definition) is 2. The Labute approximate surface area is 133 Å². The summed E-state index contributed by atoms with van der Waals surface area (Å²) in [6.45, 7) is 3.13. The lowest BCUT2D eigenvalue weighted by molar-refractivity contribution is 0.191. The van der Waals surface area contributed by atoms with Crippen molar-refractivity contribution in [2.75, 3.05) is 20.8 Å². The van der Waals surface area contributed by atoms with Gasteiger partial charge in [-0.15, -0.1) is 0 Å². The van der Waals surface area contributed by atoms with E-state index in [1.807, 2.05) is 0 Å². The highest BCUT2D eigenvalue weighted by molar-refractivity contribution is 9.10. The van der Waals surface area contributed by atoms with Crippen molar-refractivity contribution in [1.29, 1.82) is 0 Å². The second-order valence-electron chi connectivity index (χ2n) is 4.82. The van der Waals surface area contributed by atoms with E-state index in [9.17, 15) is 13.5 Å². The van der Waals surface area contributed by atoms with Crippen LogP contribution < -0.4 is 14.2 Å². The topological polar surface area (TPSA) is 84.9 Å². The average molecular weight is 382 g/mol. The fourth-order valence-corrected chi connectivity index (χ4v) is 4.14. The van der Waals surface area contributed by atoms with Gasteiger partial charge in [0.25, 0.3) is 0 Å². The van der Waals surface area contributed by atoms with Crippen molar-refractivity contribution in [2.45, 2.75) is 30.7 Å².